The van der Waals surface area contributed by atoms with Crippen molar-refractivity contribution in [3.63, 3.8) is 0 Å². The Morgan fingerprint density at radius 3 is 2.50 bits per heavy atom. The highest BCUT2D eigenvalue weighted by Gasteiger charge is 2.48. The zero-order chi connectivity index (χ0) is 15.3. The molecule has 2 aliphatic heterocycles. The maximum atomic E-state index is 12.1. The van der Waals surface area contributed by atoms with Gasteiger partial charge in [0, 0.05) is 16.5 Å². The summed E-state index contributed by atoms with van der Waals surface area (Å²) >= 11 is 8.59. The van der Waals surface area contributed by atoms with E-state index in [1.165, 1.54) is 0 Å². The molecule has 0 N–H and O–H groups in total. The number of fused-ring (bicyclic) bond motifs is 1. The van der Waals surface area contributed by atoms with Crippen LogP contribution in [0.25, 0.3) is 0 Å². The van der Waals surface area contributed by atoms with Crippen LogP contribution >= 0.6 is 34.2 Å². The molecule has 6 heteroatoms. The van der Waals surface area contributed by atoms with E-state index < -0.39 is 8.32 Å². The van der Waals surface area contributed by atoms with Crippen LogP contribution in [0.3, 0.4) is 0 Å². The van der Waals surface area contributed by atoms with Gasteiger partial charge in [0.05, 0.1) is 6.10 Å². The number of hydrogen-bond acceptors (Lipinski definition) is 2. The van der Waals surface area contributed by atoms with Crippen LogP contribution in [0.4, 0.5) is 0 Å². The van der Waals surface area contributed by atoms with Gasteiger partial charge in [-0.25, -0.2) is 0 Å². The van der Waals surface area contributed by atoms with Gasteiger partial charge in [0.15, 0.2) is 8.32 Å². The van der Waals surface area contributed by atoms with Crippen molar-refractivity contribution >= 4 is 48.4 Å². The Balaban J connectivity index is 2.08. The van der Waals surface area contributed by atoms with Gasteiger partial charge in [-0.15, -0.1) is 11.6 Å². The summed E-state index contributed by atoms with van der Waals surface area (Å²) in [7, 11) is -1.78. The summed E-state index contributed by atoms with van der Waals surface area (Å²) in [4.78, 5) is 14.1. The molecule has 0 aromatic rings. The van der Waals surface area contributed by atoms with Crippen molar-refractivity contribution in [3.05, 3.63) is 0 Å². The number of nitrogens with zero attached hydrogens (tertiary/aromatic N) is 1. The number of amides is 1. The van der Waals surface area contributed by atoms with Gasteiger partial charge in [-0.3, -0.25) is 4.79 Å². The average molecular weight is 430 g/mol. The second kappa shape index (κ2) is 5.70. The smallest absolute Gasteiger partial charge is 0.241 e. The fourth-order valence-corrected chi connectivity index (χ4v) is 5.65. The number of hydrogen-bond donors (Lipinski definition) is 0. The topological polar surface area (TPSA) is 29.5 Å². The Bertz CT molecular complexity index is 399. The molecule has 3 nitrogen and oxygen atoms in total. The highest BCUT2D eigenvalue weighted by atomic mass is 127. The number of halogens is 2. The molecule has 0 aromatic carbocycles. The summed E-state index contributed by atoms with van der Waals surface area (Å²) in [6.07, 6.45) is 1.99. The lowest BCUT2D eigenvalue weighted by Gasteiger charge is -2.44. The maximum Gasteiger partial charge on any atom is 0.241 e. The standard InChI is InChI=1S/C14H25ClINO2Si/c1-14(2,3)20(4,5)19-9-6-11(16)12-7-10(15)13(18)17(12)8-9/h9-12H,6-8H2,1-5H3/t9-,10-,11-,12+/m1/s1. The first kappa shape index (κ1) is 17.0. The molecule has 0 saturated carbocycles. The van der Waals surface area contributed by atoms with Gasteiger partial charge in [-0.05, 0) is 31.0 Å². The SMILES string of the molecule is CC(C)(C)[Si](C)(C)O[C@@H]1C[C@@H](I)[C@@H]2C[C@@H](Cl)C(=O)N2C1. The minimum atomic E-state index is -1.78. The monoisotopic (exact) mass is 429 g/mol. The lowest BCUT2D eigenvalue weighted by molar-refractivity contribution is -0.131. The Labute approximate surface area is 142 Å². The summed E-state index contributed by atoms with van der Waals surface area (Å²) in [5.74, 6) is 0.0989. The number of carbonyl (C=O) groups is 1. The van der Waals surface area contributed by atoms with Crippen molar-refractivity contribution in [3.8, 4) is 0 Å². The maximum absolute atomic E-state index is 12.1. The predicted molar refractivity (Wildman–Crippen MR) is 94.3 cm³/mol. The van der Waals surface area contributed by atoms with Crippen LogP contribution < -0.4 is 0 Å². The van der Waals surface area contributed by atoms with Crippen molar-refractivity contribution < 1.29 is 9.22 Å². The molecule has 4 atom stereocenters. The van der Waals surface area contributed by atoms with Crippen LogP contribution in [-0.4, -0.2) is 47.1 Å². The van der Waals surface area contributed by atoms with Crippen molar-refractivity contribution in [2.75, 3.05) is 6.54 Å². The summed E-state index contributed by atoms with van der Waals surface area (Å²) < 4.78 is 6.95. The number of alkyl halides is 2. The summed E-state index contributed by atoms with van der Waals surface area (Å²) in [5, 5.41) is -0.127. The molecule has 116 valence electrons. The van der Waals surface area contributed by atoms with E-state index in [0.717, 1.165) is 19.4 Å². The van der Waals surface area contributed by atoms with E-state index in [1.54, 1.807) is 0 Å². The fourth-order valence-electron chi connectivity index (χ4n) is 2.73. The summed E-state index contributed by atoms with van der Waals surface area (Å²) in [5.41, 5.74) is 0. The van der Waals surface area contributed by atoms with Crippen molar-refractivity contribution in [2.24, 2.45) is 0 Å². The second-order valence-corrected chi connectivity index (χ2v) is 14.4. The Morgan fingerprint density at radius 1 is 1.35 bits per heavy atom. The normalized spacial score (nSPS) is 35.4. The van der Waals surface area contributed by atoms with E-state index in [2.05, 4.69) is 56.5 Å². The highest BCUT2D eigenvalue weighted by Crippen LogP contribution is 2.41. The Kier molecular flexibility index (Phi) is 4.85. The van der Waals surface area contributed by atoms with Gasteiger partial charge in [0.1, 0.15) is 5.38 Å². The van der Waals surface area contributed by atoms with Crippen molar-refractivity contribution in [1.29, 1.82) is 0 Å². The van der Waals surface area contributed by atoms with E-state index in [0.29, 0.717) is 9.97 Å². The average Bonchev–Trinajstić information content (AvgIpc) is 2.55. The first-order valence-electron chi connectivity index (χ1n) is 7.29. The van der Waals surface area contributed by atoms with Crippen molar-refractivity contribution in [2.45, 2.75) is 73.2 Å². The highest BCUT2D eigenvalue weighted by molar-refractivity contribution is 14.1. The fraction of sp³-hybridized carbons (Fsp3) is 0.929. The van der Waals surface area contributed by atoms with E-state index in [-0.39, 0.29) is 22.4 Å². The largest absolute Gasteiger partial charge is 0.412 e. The van der Waals surface area contributed by atoms with E-state index in [4.69, 9.17) is 16.0 Å². The van der Waals surface area contributed by atoms with Crippen LogP contribution in [0.5, 0.6) is 0 Å². The minimum absolute atomic E-state index is 0.0989. The van der Waals surface area contributed by atoms with Crippen LogP contribution in [0.15, 0.2) is 0 Å². The predicted octanol–water partition coefficient (Wildman–Crippen LogP) is 3.79. The van der Waals surface area contributed by atoms with E-state index in [1.807, 2.05) is 4.90 Å². The molecular formula is C14H25ClINO2Si. The van der Waals surface area contributed by atoms with E-state index >= 15 is 0 Å². The molecule has 2 aliphatic rings. The zero-order valence-corrected chi connectivity index (χ0v) is 16.9. The first-order chi connectivity index (χ1) is 9.03. The summed E-state index contributed by atoms with van der Waals surface area (Å²) in [6.45, 7) is 12.0. The Hall–Kier alpha value is 0.667. The zero-order valence-electron chi connectivity index (χ0n) is 13.0. The molecule has 2 fully saturated rings. The van der Waals surface area contributed by atoms with Gasteiger partial charge in [0.2, 0.25) is 5.91 Å². The van der Waals surface area contributed by atoms with E-state index in [9.17, 15) is 4.79 Å². The molecule has 0 aliphatic carbocycles. The van der Waals surface area contributed by atoms with Gasteiger partial charge in [-0.2, -0.15) is 0 Å². The molecule has 0 radical (unpaired) electrons. The Morgan fingerprint density at radius 2 is 1.95 bits per heavy atom. The molecule has 2 heterocycles. The number of carbonyl (C=O) groups excluding carboxylic acids is 1. The lowest BCUT2D eigenvalue weighted by atomic mass is 10.0. The molecule has 0 spiro atoms. The third kappa shape index (κ3) is 3.20. The number of rotatable bonds is 2. The van der Waals surface area contributed by atoms with Crippen LogP contribution in [0.2, 0.25) is 18.1 Å². The van der Waals surface area contributed by atoms with Gasteiger partial charge < -0.3 is 9.33 Å². The molecule has 20 heavy (non-hydrogen) atoms. The lowest BCUT2D eigenvalue weighted by Crippen LogP contribution is -2.54. The van der Waals surface area contributed by atoms with Gasteiger partial charge in [0.25, 0.3) is 0 Å². The molecule has 2 rings (SSSR count). The molecule has 0 unspecified atom stereocenters. The first-order valence-corrected chi connectivity index (χ1v) is 11.9. The molecule has 2 saturated heterocycles. The third-order valence-corrected chi connectivity index (χ3v) is 11.2. The van der Waals surface area contributed by atoms with Crippen LogP contribution in [-0.2, 0) is 9.22 Å². The van der Waals surface area contributed by atoms with Crippen molar-refractivity contribution in [1.82, 2.24) is 4.90 Å². The summed E-state index contributed by atoms with van der Waals surface area (Å²) in [6, 6.07) is 0.310. The number of piperidine rings is 1. The van der Waals surface area contributed by atoms with Crippen LogP contribution in [0.1, 0.15) is 33.6 Å². The van der Waals surface area contributed by atoms with Crippen LogP contribution in [0, 0.1) is 0 Å². The minimum Gasteiger partial charge on any atom is -0.412 e. The molecular weight excluding hydrogens is 405 g/mol. The second-order valence-electron chi connectivity index (χ2n) is 7.51. The quantitative estimate of drug-likeness (QED) is 0.380. The molecule has 0 bridgehead atoms. The molecule has 0 aromatic heterocycles. The van der Waals surface area contributed by atoms with Gasteiger partial charge >= 0.3 is 0 Å². The third-order valence-electron chi connectivity index (χ3n) is 4.97. The molecule has 1 amide bonds. The van der Waals surface area contributed by atoms with Gasteiger partial charge in [-0.1, -0.05) is 43.4 Å².